The molecule has 0 spiro atoms. The van der Waals surface area contributed by atoms with Crippen LogP contribution < -0.4 is 11.1 Å². The Balaban J connectivity index is 1.60. The number of carbonyl (C=O) groups excluding carboxylic acids is 1. The maximum Gasteiger partial charge on any atom is 0.276 e. The van der Waals surface area contributed by atoms with Gasteiger partial charge in [0, 0.05) is 19.1 Å². The van der Waals surface area contributed by atoms with Gasteiger partial charge in [0.25, 0.3) is 5.91 Å². The Bertz CT molecular complexity index is 667. The maximum atomic E-state index is 12.5. The molecule has 3 heterocycles. The van der Waals surface area contributed by atoms with Crippen LogP contribution in [0.3, 0.4) is 0 Å². The summed E-state index contributed by atoms with van der Waals surface area (Å²) in [6.45, 7) is 3.20. The average molecular weight is 315 g/mol. The van der Waals surface area contributed by atoms with Gasteiger partial charge in [-0.15, -0.1) is 0 Å². The topological polar surface area (TPSA) is 97.3 Å². The van der Waals surface area contributed by atoms with Gasteiger partial charge < -0.3 is 20.4 Å². The van der Waals surface area contributed by atoms with E-state index in [1.807, 2.05) is 11.0 Å². The number of oxazole rings is 1. The highest BCUT2D eigenvalue weighted by Gasteiger charge is 2.24. The summed E-state index contributed by atoms with van der Waals surface area (Å²) in [6, 6.07) is 4.02. The van der Waals surface area contributed by atoms with Crippen LogP contribution in [0.4, 0.5) is 11.5 Å². The molecule has 0 aromatic carbocycles. The molecule has 1 amide bonds. The molecule has 0 bridgehead atoms. The number of nitrogens with zero attached hydrogens (tertiary/aromatic N) is 3. The second-order valence-electron chi connectivity index (χ2n) is 5.79. The first kappa shape index (κ1) is 15.3. The molecule has 1 fully saturated rings. The number of nitrogens with one attached hydrogen (secondary N) is 1. The largest absolute Gasteiger partial charge is 0.448 e. The Morgan fingerprint density at radius 1 is 1.35 bits per heavy atom. The fourth-order valence-electron chi connectivity index (χ4n) is 2.83. The summed E-state index contributed by atoms with van der Waals surface area (Å²) >= 11 is 0. The summed E-state index contributed by atoms with van der Waals surface area (Å²) in [5, 5.41) is 3.46. The van der Waals surface area contributed by atoms with Crippen LogP contribution in [0.1, 0.15) is 35.5 Å². The number of amides is 1. The molecule has 1 aliphatic heterocycles. The highest BCUT2D eigenvalue weighted by atomic mass is 16.3. The molecule has 23 heavy (non-hydrogen) atoms. The lowest BCUT2D eigenvalue weighted by atomic mass is 10.1. The third kappa shape index (κ3) is 3.61. The van der Waals surface area contributed by atoms with Crippen molar-refractivity contribution in [3.05, 3.63) is 36.2 Å². The van der Waals surface area contributed by atoms with Crippen LogP contribution in [-0.2, 0) is 0 Å². The van der Waals surface area contributed by atoms with Crippen LogP contribution in [-0.4, -0.2) is 39.9 Å². The van der Waals surface area contributed by atoms with E-state index < -0.39 is 0 Å². The van der Waals surface area contributed by atoms with Gasteiger partial charge in [0.1, 0.15) is 11.6 Å². The molecule has 0 radical (unpaired) electrons. The van der Waals surface area contributed by atoms with Crippen molar-refractivity contribution in [1.29, 1.82) is 0 Å². The van der Waals surface area contributed by atoms with Gasteiger partial charge in [-0.05, 0) is 38.3 Å². The van der Waals surface area contributed by atoms with E-state index >= 15 is 0 Å². The van der Waals surface area contributed by atoms with Crippen LogP contribution >= 0.6 is 0 Å². The molecule has 2 aromatic heterocycles. The zero-order valence-electron chi connectivity index (χ0n) is 13.2. The van der Waals surface area contributed by atoms with Crippen molar-refractivity contribution in [3.63, 3.8) is 0 Å². The first-order valence-corrected chi connectivity index (χ1v) is 7.81. The van der Waals surface area contributed by atoms with E-state index in [-0.39, 0.29) is 5.91 Å². The van der Waals surface area contributed by atoms with Gasteiger partial charge in [-0.2, -0.15) is 0 Å². The van der Waals surface area contributed by atoms with Gasteiger partial charge in [0.15, 0.2) is 12.1 Å². The Kier molecular flexibility index (Phi) is 4.45. The first-order chi connectivity index (χ1) is 11.1. The number of pyridine rings is 1. The number of hydrogen-bond donors (Lipinski definition) is 2. The number of nitrogen functional groups attached to an aromatic ring is 1. The van der Waals surface area contributed by atoms with Crippen LogP contribution in [0, 0.1) is 6.92 Å². The molecule has 1 aliphatic rings. The van der Waals surface area contributed by atoms with Crippen molar-refractivity contribution in [2.45, 2.75) is 32.2 Å². The molecule has 7 nitrogen and oxygen atoms in total. The van der Waals surface area contributed by atoms with E-state index in [9.17, 15) is 4.79 Å². The second kappa shape index (κ2) is 6.68. The van der Waals surface area contributed by atoms with Crippen molar-refractivity contribution in [2.24, 2.45) is 0 Å². The van der Waals surface area contributed by atoms with Gasteiger partial charge >= 0.3 is 0 Å². The van der Waals surface area contributed by atoms with Crippen molar-refractivity contribution in [3.8, 4) is 0 Å². The molecule has 0 aliphatic carbocycles. The molecule has 7 heteroatoms. The Hall–Kier alpha value is -2.57. The van der Waals surface area contributed by atoms with Crippen LogP contribution in [0.5, 0.6) is 0 Å². The van der Waals surface area contributed by atoms with E-state index in [4.69, 9.17) is 10.2 Å². The third-order valence-electron chi connectivity index (χ3n) is 4.12. The summed E-state index contributed by atoms with van der Waals surface area (Å²) in [5.74, 6) is 1.03. The fraction of sp³-hybridized carbons (Fsp3) is 0.438. The number of aromatic nitrogens is 2. The lowest BCUT2D eigenvalue weighted by molar-refractivity contribution is 0.0754. The zero-order valence-corrected chi connectivity index (χ0v) is 13.2. The quantitative estimate of drug-likeness (QED) is 0.900. The number of aryl methyl sites for hydroxylation is 1. The molecule has 0 saturated carbocycles. The normalized spacial score (nSPS) is 18.5. The molecule has 122 valence electrons. The Labute approximate surface area is 134 Å². The number of rotatable bonds is 3. The van der Waals surface area contributed by atoms with Crippen molar-refractivity contribution in [1.82, 2.24) is 14.9 Å². The van der Waals surface area contributed by atoms with E-state index in [1.165, 1.54) is 6.39 Å². The van der Waals surface area contributed by atoms with Crippen LogP contribution in [0.25, 0.3) is 0 Å². The zero-order chi connectivity index (χ0) is 16.2. The van der Waals surface area contributed by atoms with Gasteiger partial charge in [-0.25, -0.2) is 9.97 Å². The number of hydrogen-bond acceptors (Lipinski definition) is 6. The molecule has 3 N–H and O–H groups in total. The Morgan fingerprint density at radius 2 is 2.22 bits per heavy atom. The smallest absolute Gasteiger partial charge is 0.276 e. The minimum Gasteiger partial charge on any atom is -0.448 e. The Morgan fingerprint density at radius 3 is 2.91 bits per heavy atom. The van der Waals surface area contributed by atoms with Crippen molar-refractivity contribution < 1.29 is 9.21 Å². The molecule has 0 unspecified atom stereocenters. The summed E-state index contributed by atoms with van der Waals surface area (Å²) in [5.41, 5.74) is 6.97. The highest BCUT2D eigenvalue weighted by molar-refractivity contribution is 5.93. The van der Waals surface area contributed by atoms with Crippen molar-refractivity contribution in [2.75, 3.05) is 24.1 Å². The maximum absolute atomic E-state index is 12.5. The molecule has 3 rings (SSSR count). The van der Waals surface area contributed by atoms with Gasteiger partial charge in [0.05, 0.1) is 11.9 Å². The summed E-state index contributed by atoms with van der Waals surface area (Å²) in [7, 11) is 0. The van der Waals surface area contributed by atoms with Crippen molar-refractivity contribution >= 4 is 17.4 Å². The molecule has 2 aromatic rings. The molecule has 1 saturated heterocycles. The minimum absolute atomic E-state index is 0.0500. The summed E-state index contributed by atoms with van der Waals surface area (Å²) in [4.78, 5) is 22.5. The van der Waals surface area contributed by atoms with Gasteiger partial charge in [-0.3, -0.25) is 4.79 Å². The van der Waals surface area contributed by atoms with Gasteiger partial charge in [0.2, 0.25) is 0 Å². The average Bonchev–Trinajstić information content (AvgIpc) is 2.84. The highest BCUT2D eigenvalue weighted by Crippen LogP contribution is 2.19. The molecular formula is C16H21N5O2. The molecule has 1 atom stereocenters. The minimum atomic E-state index is -0.0500. The third-order valence-corrected chi connectivity index (χ3v) is 4.12. The summed E-state index contributed by atoms with van der Waals surface area (Å²) in [6.07, 6.45) is 5.89. The predicted octanol–water partition coefficient (Wildman–Crippen LogP) is 2.07. The standard InChI is InChI=1S/C16H21N5O2/c1-11-15(19-10-23-11)16(22)21-7-2-3-12(6-8-21)20-13-4-5-14(17)18-9-13/h4-5,9-10,12,20H,2-3,6-8H2,1H3,(H2,17,18)/t12-/m0/s1. The fourth-order valence-corrected chi connectivity index (χ4v) is 2.83. The molecular weight excluding hydrogens is 294 g/mol. The summed E-state index contributed by atoms with van der Waals surface area (Å²) < 4.78 is 5.13. The second-order valence-corrected chi connectivity index (χ2v) is 5.79. The van der Waals surface area contributed by atoms with E-state index in [1.54, 1.807) is 19.2 Å². The number of likely N-dealkylation sites (tertiary alicyclic amines) is 1. The first-order valence-electron chi connectivity index (χ1n) is 7.81. The number of anilines is 2. The van der Waals surface area contributed by atoms with E-state index in [0.29, 0.717) is 29.9 Å². The lowest BCUT2D eigenvalue weighted by Gasteiger charge is -2.20. The van der Waals surface area contributed by atoms with Crippen LogP contribution in [0.2, 0.25) is 0 Å². The SMILES string of the molecule is Cc1ocnc1C(=O)N1CCC[C@H](Nc2ccc(N)nc2)CC1. The predicted molar refractivity (Wildman–Crippen MR) is 87.1 cm³/mol. The van der Waals surface area contributed by atoms with E-state index in [2.05, 4.69) is 15.3 Å². The van der Waals surface area contributed by atoms with Crippen LogP contribution in [0.15, 0.2) is 29.1 Å². The number of carbonyl (C=O) groups is 1. The van der Waals surface area contributed by atoms with E-state index in [0.717, 1.165) is 31.5 Å². The number of nitrogens with two attached hydrogens (primary N) is 1. The van der Waals surface area contributed by atoms with Gasteiger partial charge in [-0.1, -0.05) is 0 Å². The lowest BCUT2D eigenvalue weighted by Crippen LogP contribution is -2.33. The monoisotopic (exact) mass is 315 g/mol.